The normalized spacial score (nSPS) is 15.8. The molecule has 140 valence electrons. The molecular formula is C23H28Br2O. The minimum Gasteiger partial charge on any atom is -0.297 e. The Bertz CT molecular complexity index is 626. The van der Waals surface area contributed by atoms with Crippen LogP contribution in [-0.2, 0) is 17.6 Å². The predicted molar refractivity (Wildman–Crippen MR) is 118 cm³/mol. The van der Waals surface area contributed by atoms with E-state index in [9.17, 15) is 4.79 Å². The van der Waals surface area contributed by atoms with E-state index in [1.54, 1.807) is 0 Å². The van der Waals surface area contributed by atoms with Gasteiger partial charge in [-0.25, -0.2) is 0 Å². The van der Waals surface area contributed by atoms with E-state index in [2.05, 4.69) is 70.0 Å². The Morgan fingerprint density at radius 3 is 1.38 bits per heavy atom. The molecule has 0 aromatic heterocycles. The van der Waals surface area contributed by atoms with Gasteiger partial charge in [0.1, 0.15) is 0 Å². The van der Waals surface area contributed by atoms with Gasteiger partial charge in [-0.2, -0.15) is 0 Å². The number of Topliss-reactive ketones (excluding diaryl/α,β-unsaturated/α-hetero) is 1. The minimum atomic E-state index is -0.545. The molecular weight excluding hydrogens is 452 g/mol. The molecule has 2 unspecified atom stereocenters. The van der Waals surface area contributed by atoms with Crippen molar-refractivity contribution in [3.05, 3.63) is 71.8 Å². The molecule has 0 saturated heterocycles. The average Bonchev–Trinajstić information content (AvgIpc) is 2.63. The average molecular weight is 480 g/mol. The standard InChI is InChI=1S/C23H28Br2O/c1-3-15-22(24,17-19-11-7-5-8-12-19)21(26)23(25,16-4-2)18-20-13-9-6-10-14-20/h5-14H,3-4,15-18H2,1-2H3. The fourth-order valence-electron chi connectivity index (χ4n) is 3.60. The molecule has 0 radical (unpaired) electrons. The minimum absolute atomic E-state index is 0.265. The maximum absolute atomic E-state index is 13.8. The molecule has 2 rings (SSSR count). The zero-order chi connectivity index (χ0) is 19.0. The van der Waals surface area contributed by atoms with E-state index in [0.29, 0.717) is 12.8 Å². The van der Waals surface area contributed by atoms with Crippen molar-refractivity contribution < 1.29 is 4.79 Å². The van der Waals surface area contributed by atoms with Gasteiger partial charge >= 0.3 is 0 Å². The second-order valence-corrected chi connectivity index (χ2v) is 10.1. The van der Waals surface area contributed by atoms with Gasteiger partial charge < -0.3 is 0 Å². The van der Waals surface area contributed by atoms with Crippen LogP contribution in [0.2, 0.25) is 0 Å². The van der Waals surface area contributed by atoms with Crippen molar-refractivity contribution in [1.82, 2.24) is 0 Å². The largest absolute Gasteiger partial charge is 0.297 e. The fourth-order valence-corrected chi connectivity index (χ4v) is 6.06. The summed E-state index contributed by atoms with van der Waals surface area (Å²) in [6.07, 6.45) is 5.01. The van der Waals surface area contributed by atoms with E-state index in [-0.39, 0.29) is 5.78 Å². The Morgan fingerprint density at radius 2 is 1.08 bits per heavy atom. The maximum Gasteiger partial charge on any atom is 0.166 e. The van der Waals surface area contributed by atoms with Crippen molar-refractivity contribution in [2.45, 2.75) is 61.0 Å². The van der Waals surface area contributed by atoms with Crippen molar-refractivity contribution >= 4 is 37.6 Å². The first-order valence-electron chi connectivity index (χ1n) is 9.44. The number of alkyl halides is 2. The molecule has 26 heavy (non-hydrogen) atoms. The summed E-state index contributed by atoms with van der Waals surface area (Å²) in [7, 11) is 0. The molecule has 0 amide bonds. The Morgan fingerprint density at radius 1 is 0.731 bits per heavy atom. The SMILES string of the molecule is CCCC(Br)(Cc1ccccc1)C(=O)C(Br)(CCC)Cc1ccccc1. The summed E-state index contributed by atoms with van der Waals surface area (Å²) in [6.45, 7) is 4.28. The number of halogens is 2. The summed E-state index contributed by atoms with van der Waals surface area (Å²) < 4.78 is -1.09. The fraction of sp³-hybridized carbons (Fsp3) is 0.435. The first-order valence-corrected chi connectivity index (χ1v) is 11.0. The molecule has 0 aliphatic heterocycles. The number of carbonyl (C=O) groups is 1. The topological polar surface area (TPSA) is 17.1 Å². The van der Waals surface area contributed by atoms with Gasteiger partial charge in [0.25, 0.3) is 0 Å². The maximum atomic E-state index is 13.8. The van der Waals surface area contributed by atoms with Crippen LogP contribution in [0.4, 0.5) is 0 Å². The Labute approximate surface area is 174 Å². The van der Waals surface area contributed by atoms with E-state index in [1.165, 1.54) is 11.1 Å². The van der Waals surface area contributed by atoms with Crippen LogP contribution in [0.1, 0.15) is 50.7 Å². The zero-order valence-electron chi connectivity index (χ0n) is 15.7. The van der Waals surface area contributed by atoms with Crippen LogP contribution in [0, 0.1) is 0 Å². The van der Waals surface area contributed by atoms with E-state index in [4.69, 9.17) is 0 Å². The van der Waals surface area contributed by atoms with Gasteiger partial charge in [0.05, 0.1) is 8.65 Å². The third kappa shape index (κ3) is 5.53. The second kappa shape index (κ2) is 9.85. The third-order valence-corrected chi connectivity index (χ3v) is 6.83. The van der Waals surface area contributed by atoms with Crippen LogP contribution in [0.25, 0.3) is 0 Å². The van der Waals surface area contributed by atoms with Crippen LogP contribution < -0.4 is 0 Å². The third-order valence-electron chi connectivity index (χ3n) is 4.76. The van der Waals surface area contributed by atoms with E-state index in [1.807, 2.05) is 36.4 Å². The van der Waals surface area contributed by atoms with Gasteiger partial charge in [0, 0.05) is 0 Å². The lowest BCUT2D eigenvalue weighted by Crippen LogP contribution is -2.48. The molecule has 0 bridgehead atoms. The molecule has 0 heterocycles. The first-order chi connectivity index (χ1) is 12.4. The Kier molecular flexibility index (Phi) is 8.09. The number of benzene rings is 2. The Hall–Kier alpha value is -0.930. The van der Waals surface area contributed by atoms with E-state index in [0.717, 1.165) is 25.7 Å². The molecule has 0 aliphatic rings. The van der Waals surface area contributed by atoms with Crippen molar-refractivity contribution in [2.75, 3.05) is 0 Å². The van der Waals surface area contributed by atoms with Gasteiger partial charge in [0.15, 0.2) is 5.78 Å². The van der Waals surface area contributed by atoms with Gasteiger partial charge in [-0.3, -0.25) is 4.79 Å². The Balaban J connectivity index is 2.32. The molecule has 0 spiro atoms. The summed E-state index contributed by atoms with van der Waals surface area (Å²) in [5.41, 5.74) is 2.38. The highest BCUT2D eigenvalue weighted by molar-refractivity contribution is 9.11. The molecule has 0 N–H and O–H groups in total. The van der Waals surface area contributed by atoms with Crippen molar-refractivity contribution in [2.24, 2.45) is 0 Å². The molecule has 2 aromatic carbocycles. The summed E-state index contributed by atoms with van der Waals surface area (Å²) in [4.78, 5) is 13.8. The van der Waals surface area contributed by atoms with Crippen LogP contribution >= 0.6 is 31.9 Å². The second-order valence-electron chi connectivity index (χ2n) is 7.08. The van der Waals surface area contributed by atoms with Crippen LogP contribution in [-0.4, -0.2) is 14.4 Å². The van der Waals surface area contributed by atoms with Crippen LogP contribution in [0.5, 0.6) is 0 Å². The summed E-state index contributed by atoms with van der Waals surface area (Å²) in [5, 5.41) is 0. The molecule has 0 fully saturated rings. The summed E-state index contributed by atoms with van der Waals surface area (Å²) >= 11 is 7.78. The first kappa shape index (κ1) is 21.4. The monoisotopic (exact) mass is 478 g/mol. The van der Waals surface area contributed by atoms with Crippen molar-refractivity contribution in [3.8, 4) is 0 Å². The van der Waals surface area contributed by atoms with E-state index >= 15 is 0 Å². The molecule has 2 atom stereocenters. The lowest BCUT2D eigenvalue weighted by molar-refractivity contribution is -0.123. The smallest absolute Gasteiger partial charge is 0.166 e. The number of hydrogen-bond donors (Lipinski definition) is 0. The highest BCUT2D eigenvalue weighted by Crippen LogP contribution is 2.41. The lowest BCUT2D eigenvalue weighted by atomic mass is 9.80. The number of carbonyl (C=O) groups excluding carboxylic acids is 1. The van der Waals surface area contributed by atoms with Gasteiger partial charge in [-0.05, 0) is 36.8 Å². The van der Waals surface area contributed by atoms with Gasteiger partial charge in [-0.15, -0.1) is 0 Å². The highest BCUT2D eigenvalue weighted by Gasteiger charge is 2.46. The predicted octanol–water partition coefficient (Wildman–Crippen LogP) is 6.91. The summed E-state index contributed by atoms with van der Waals surface area (Å²) in [6, 6.07) is 20.6. The summed E-state index contributed by atoms with van der Waals surface area (Å²) in [5.74, 6) is 0.265. The zero-order valence-corrected chi connectivity index (χ0v) is 18.9. The molecule has 2 aromatic rings. The van der Waals surface area contributed by atoms with Crippen LogP contribution in [0.3, 0.4) is 0 Å². The quantitative estimate of drug-likeness (QED) is 0.338. The number of ketones is 1. The van der Waals surface area contributed by atoms with E-state index < -0.39 is 8.65 Å². The molecule has 0 aliphatic carbocycles. The number of hydrogen-bond acceptors (Lipinski definition) is 1. The van der Waals surface area contributed by atoms with Gasteiger partial charge in [0.2, 0.25) is 0 Å². The van der Waals surface area contributed by atoms with Crippen molar-refractivity contribution in [3.63, 3.8) is 0 Å². The molecule has 3 heteroatoms. The molecule has 0 saturated carbocycles. The molecule has 1 nitrogen and oxygen atoms in total. The van der Waals surface area contributed by atoms with Crippen LogP contribution in [0.15, 0.2) is 60.7 Å². The lowest BCUT2D eigenvalue weighted by Gasteiger charge is -2.36. The number of rotatable bonds is 10. The van der Waals surface area contributed by atoms with Crippen molar-refractivity contribution in [1.29, 1.82) is 0 Å². The highest BCUT2D eigenvalue weighted by atomic mass is 79.9. The van der Waals surface area contributed by atoms with Gasteiger partial charge in [-0.1, -0.05) is 119 Å².